The molecule has 0 rings (SSSR count). The van der Waals surface area contributed by atoms with E-state index < -0.39 is 0 Å². The zero-order valence-corrected chi connectivity index (χ0v) is 8.11. The first-order valence-corrected chi connectivity index (χ1v) is 4.44. The van der Waals surface area contributed by atoms with Gasteiger partial charge in [0.25, 0.3) is 0 Å². The number of nitrogens with one attached hydrogen (secondary N) is 1. The molecule has 0 aliphatic rings. The Morgan fingerprint density at radius 3 is 2.36 bits per heavy atom. The summed E-state index contributed by atoms with van der Waals surface area (Å²) in [6.45, 7) is 5.68. The summed E-state index contributed by atoms with van der Waals surface area (Å²) in [5, 5.41) is 2.86. The predicted octanol–water partition coefficient (Wildman–Crippen LogP) is 1.78. The highest BCUT2D eigenvalue weighted by molar-refractivity contribution is 6.17. The van der Waals surface area contributed by atoms with E-state index in [4.69, 9.17) is 11.6 Å². The van der Waals surface area contributed by atoms with Crippen molar-refractivity contribution in [2.45, 2.75) is 33.2 Å². The van der Waals surface area contributed by atoms with Crippen molar-refractivity contribution in [2.75, 3.05) is 5.88 Å². The molecule has 0 aromatic heterocycles. The van der Waals surface area contributed by atoms with Crippen LogP contribution in [0.3, 0.4) is 0 Å². The molecule has 0 aliphatic carbocycles. The minimum absolute atomic E-state index is 0.0221. The lowest BCUT2D eigenvalue weighted by atomic mass is 10.0. The number of amides is 1. The van der Waals surface area contributed by atoms with Crippen LogP contribution in [0, 0.1) is 5.92 Å². The van der Waals surface area contributed by atoms with Crippen molar-refractivity contribution in [1.82, 2.24) is 5.32 Å². The number of hydrogen-bond donors (Lipinski definition) is 1. The molecule has 2 nitrogen and oxygen atoms in total. The topological polar surface area (TPSA) is 29.1 Å². The second-order valence-corrected chi connectivity index (χ2v) is 3.41. The molecule has 0 aromatic rings. The van der Waals surface area contributed by atoms with Crippen LogP contribution in [0.5, 0.6) is 0 Å². The van der Waals surface area contributed by atoms with Crippen LogP contribution in [0.15, 0.2) is 0 Å². The van der Waals surface area contributed by atoms with E-state index in [9.17, 15) is 4.79 Å². The molecule has 1 atom stereocenters. The summed E-state index contributed by atoms with van der Waals surface area (Å²) in [7, 11) is 0. The Bertz CT molecular complexity index is 125. The quantitative estimate of drug-likeness (QED) is 0.652. The molecule has 3 heteroatoms. The van der Waals surface area contributed by atoms with Crippen molar-refractivity contribution in [3.8, 4) is 0 Å². The number of halogens is 1. The standard InChI is InChI=1S/C8H16ClNO/c1-6(2)8(4-5-9)10-7(3)11/h6,8H,4-5H2,1-3H3,(H,10,11). The summed E-state index contributed by atoms with van der Waals surface area (Å²) in [6, 6.07) is 0.227. The van der Waals surface area contributed by atoms with Gasteiger partial charge in [0.2, 0.25) is 5.91 Å². The molecule has 0 bridgehead atoms. The van der Waals surface area contributed by atoms with Crippen molar-refractivity contribution < 1.29 is 4.79 Å². The summed E-state index contributed by atoms with van der Waals surface area (Å²) >= 11 is 5.57. The second kappa shape index (κ2) is 5.42. The third-order valence-corrected chi connectivity index (χ3v) is 1.83. The Hall–Kier alpha value is -0.240. The van der Waals surface area contributed by atoms with Gasteiger partial charge < -0.3 is 5.32 Å². The number of rotatable bonds is 4. The maximum atomic E-state index is 10.7. The maximum absolute atomic E-state index is 10.7. The van der Waals surface area contributed by atoms with Crippen LogP contribution in [-0.2, 0) is 4.79 Å². The van der Waals surface area contributed by atoms with Crippen LogP contribution in [0.25, 0.3) is 0 Å². The lowest BCUT2D eigenvalue weighted by molar-refractivity contribution is -0.119. The second-order valence-electron chi connectivity index (χ2n) is 3.03. The van der Waals surface area contributed by atoms with Crippen molar-refractivity contribution >= 4 is 17.5 Å². The lowest BCUT2D eigenvalue weighted by Gasteiger charge is -2.20. The zero-order chi connectivity index (χ0) is 8.85. The number of hydrogen-bond acceptors (Lipinski definition) is 1. The van der Waals surface area contributed by atoms with E-state index in [-0.39, 0.29) is 11.9 Å². The summed E-state index contributed by atoms with van der Waals surface area (Å²) in [5.41, 5.74) is 0. The molecule has 0 aromatic carbocycles. The highest BCUT2D eigenvalue weighted by Gasteiger charge is 2.12. The van der Waals surface area contributed by atoms with Gasteiger partial charge in [-0.2, -0.15) is 0 Å². The smallest absolute Gasteiger partial charge is 0.217 e. The van der Waals surface area contributed by atoms with Crippen LogP contribution < -0.4 is 5.32 Å². The predicted molar refractivity (Wildman–Crippen MR) is 47.8 cm³/mol. The first-order valence-electron chi connectivity index (χ1n) is 3.91. The minimum atomic E-state index is 0.0221. The highest BCUT2D eigenvalue weighted by Crippen LogP contribution is 2.06. The van der Waals surface area contributed by atoms with Crippen LogP contribution in [0.2, 0.25) is 0 Å². The van der Waals surface area contributed by atoms with Gasteiger partial charge in [0.05, 0.1) is 0 Å². The molecule has 0 radical (unpaired) electrons. The van der Waals surface area contributed by atoms with Gasteiger partial charge >= 0.3 is 0 Å². The molecule has 1 N–H and O–H groups in total. The molecule has 0 fully saturated rings. The average molecular weight is 178 g/mol. The SMILES string of the molecule is CC(=O)NC(CCCl)C(C)C. The fraction of sp³-hybridized carbons (Fsp3) is 0.875. The molecule has 0 saturated carbocycles. The van der Waals surface area contributed by atoms with Gasteiger partial charge in [0.15, 0.2) is 0 Å². The zero-order valence-electron chi connectivity index (χ0n) is 7.36. The summed E-state index contributed by atoms with van der Waals surface area (Å²) < 4.78 is 0. The van der Waals surface area contributed by atoms with Gasteiger partial charge in [0, 0.05) is 18.8 Å². The number of alkyl halides is 1. The van der Waals surface area contributed by atoms with Gasteiger partial charge in [-0.05, 0) is 12.3 Å². The van der Waals surface area contributed by atoms with Gasteiger partial charge in [-0.25, -0.2) is 0 Å². The maximum Gasteiger partial charge on any atom is 0.217 e. The Morgan fingerprint density at radius 2 is 2.09 bits per heavy atom. The normalized spacial score (nSPS) is 13.2. The third-order valence-electron chi connectivity index (χ3n) is 1.61. The van der Waals surface area contributed by atoms with Crippen molar-refractivity contribution in [2.24, 2.45) is 5.92 Å². The Labute approximate surface area is 73.3 Å². The molecule has 1 unspecified atom stereocenters. The molecular weight excluding hydrogens is 162 g/mol. The van der Waals surface area contributed by atoms with E-state index in [0.717, 1.165) is 6.42 Å². The summed E-state index contributed by atoms with van der Waals surface area (Å²) in [6.07, 6.45) is 0.846. The molecule has 1 amide bonds. The minimum Gasteiger partial charge on any atom is -0.353 e. The first-order chi connectivity index (χ1) is 5.07. The number of carbonyl (C=O) groups is 1. The monoisotopic (exact) mass is 177 g/mol. The fourth-order valence-electron chi connectivity index (χ4n) is 0.951. The lowest BCUT2D eigenvalue weighted by Crippen LogP contribution is -2.37. The van der Waals surface area contributed by atoms with Gasteiger partial charge in [-0.1, -0.05) is 13.8 Å². The van der Waals surface area contributed by atoms with Crippen molar-refractivity contribution in [3.63, 3.8) is 0 Å². The summed E-state index contributed by atoms with van der Waals surface area (Å²) in [4.78, 5) is 10.7. The highest BCUT2D eigenvalue weighted by atomic mass is 35.5. The van der Waals surface area contributed by atoms with E-state index >= 15 is 0 Å². The summed E-state index contributed by atoms with van der Waals surface area (Å²) in [5.74, 6) is 1.08. The first kappa shape index (κ1) is 10.8. The van der Waals surface area contributed by atoms with E-state index in [1.54, 1.807) is 0 Å². The van der Waals surface area contributed by atoms with Crippen molar-refractivity contribution in [3.05, 3.63) is 0 Å². The van der Waals surface area contributed by atoms with Crippen molar-refractivity contribution in [1.29, 1.82) is 0 Å². The van der Waals surface area contributed by atoms with Crippen LogP contribution in [-0.4, -0.2) is 17.8 Å². The van der Waals surface area contributed by atoms with Gasteiger partial charge in [-0.15, -0.1) is 11.6 Å². The molecule has 0 saturated heterocycles. The number of carbonyl (C=O) groups excluding carboxylic acids is 1. The van der Waals surface area contributed by atoms with Crippen LogP contribution >= 0.6 is 11.6 Å². The molecular formula is C8H16ClNO. The van der Waals surface area contributed by atoms with E-state index in [1.807, 2.05) is 0 Å². The Kier molecular flexibility index (Phi) is 5.30. The largest absolute Gasteiger partial charge is 0.353 e. The van der Waals surface area contributed by atoms with Crippen LogP contribution in [0.4, 0.5) is 0 Å². The molecule has 0 spiro atoms. The van der Waals surface area contributed by atoms with E-state index in [0.29, 0.717) is 11.8 Å². The molecule has 11 heavy (non-hydrogen) atoms. The Morgan fingerprint density at radius 1 is 1.55 bits per heavy atom. The van der Waals surface area contributed by atoms with Gasteiger partial charge in [-0.3, -0.25) is 4.79 Å². The molecule has 66 valence electrons. The Balaban J connectivity index is 3.79. The van der Waals surface area contributed by atoms with E-state index in [1.165, 1.54) is 6.92 Å². The van der Waals surface area contributed by atoms with Crippen LogP contribution in [0.1, 0.15) is 27.2 Å². The average Bonchev–Trinajstić information content (AvgIpc) is 1.86. The van der Waals surface area contributed by atoms with E-state index in [2.05, 4.69) is 19.2 Å². The molecule has 0 aliphatic heterocycles. The fourth-order valence-corrected chi connectivity index (χ4v) is 1.19. The van der Waals surface area contributed by atoms with Gasteiger partial charge in [0.1, 0.15) is 0 Å². The third kappa shape index (κ3) is 5.08. The molecule has 0 heterocycles.